The molecule has 4 nitrogen and oxygen atoms in total. The summed E-state index contributed by atoms with van der Waals surface area (Å²) in [5.41, 5.74) is 0.128. The Kier molecular flexibility index (Phi) is 6.87. The molecule has 0 aromatic carbocycles. The van der Waals surface area contributed by atoms with Crippen molar-refractivity contribution >= 4 is 11.8 Å². The van der Waals surface area contributed by atoms with E-state index in [9.17, 15) is 9.59 Å². The van der Waals surface area contributed by atoms with Gasteiger partial charge in [-0.25, -0.2) is 0 Å². The van der Waals surface area contributed by atoms with Crippen LogP contribution in [0.15, 0.2) is 23.8 Å². The van der Waals surface area contributed by atoms with Gasteiger partial charge in [0.15, 0.2) is 0 Å². The highest BCUT2D eigenvalue weighted by atomic mass is 16.2. The molecule has 1 N–H and O–H groups in total. The molecule has 0 heterocycles. The number of nitrogens with one attached hydrogen (secondary N) is 1. The van der Waals surface area contributed by atoms with E-state index in [1.54, 1.807) is 0 Å². The van der Waals surface area contributed by atoms with Crippen molar-refractivity contribution in [1.29, 1.82) is 5.26 Å². The molecule has 0 aliphatic heterocycles. The molecular weight excluding hydrogens is 264 g/mol. The first kappa shape index (κ1) is 17.2. The zero-order valence-corrected chi connectivity index (χ0v) is 12.9. The Morgan fingerprint density at radius 1 is 1.52 bits per heavy atom. The number of carbonyl (C=O) groups excluding carboxylic acids is 2. The van der Waals surface area contributed by atoms with Gasteiger partial charge in [-0.15, -0.1) is 0 Å². The van der Waals surface area contributed by atoms with Gasteiger partial charge in [-0.05, 0) is 51.5 Å². The fourth-order valence-corrected chi connectivity index (χ4v) is 2.60. The number of hydrogen-bond donors (Lipinski definition) is 1. The van der Waals surface area contributed by atoms with Crippen molar-refractivity contribution < 1.29 is 9.59 Å². The van der Waals surface area contributed by atoms with Crippen LogP contribution in [0.1, 0.15) is 58.8 Å². The highest BCUT2D eigenvalue weighted by Crippen LogP contribution is 2.39. The molecule has 0 saturated carbocycles. The first-order valence-corrected chi connectivity index (χ1v) is 7.56. The lowest BCUT2D eigenvalue weighted by atomic mass is 9.72. The second kappa shape index (κ2) is 8.41. The minimum atomic E-state index is -0.715. The van der Waals surface area contributed by atoms with Crippen LogP contribution in [-0.4, -0.2) is 11.8 Å². The van der Waals surface area contributed by atoms with E-state index >= 15 is 0 Å². The summed E-state index contributed by atoms with van der Waals surface area (Å²) in [6, 6.07) is 2.11. The predicted octanol–water partition coefficient (Wildman–Crippen LogP) is 3.41. The molecule has 1 aliphatic rings. The third-order valence-electron chi connectivity index (χ3n) is 4.01. The van der Waals surface area contributed by atoms with Crippen LogP contribution in [0.2, 0.25) is 0 Å². The Bertz CT molecular complexity index is 486. The van der Waals surface area contributed by atoms with Crippen molar-refractivity contribution in [2.75, 3.05) is 0 Å². The first-order chi connectivity index (χ1) is 10.0. The molecule has 0 unspecified atom stereocenters. The standard InChI is InChI=1S/C17H24N2O2/c1-3-4-5-6-10-15(20)19-16(21)17(2)12-8-7-9-14(17)11-13-18/h3-4,9H,5-8,10-12H2,1-2H3,(H,19,20,21)/b4-3-/t17-/m1/s1. The van der Waals surface area contributed by atoms with Crippen LogP contribution in [0.5, 0.6) is 0 Å². The van der Waals surface area contributed by atoms with Crippen LogP contribution >= 0.6 is 0 Å². The number of unbranched alkanes of at least 4 members (excludes halogenated alkanes) is 1. The summed E-state index contributed by atoms with van der Waals surface area (Å²) in [5.74, 6) is -0.493. The van der Waals surface area contributed by atoms with E-state index in [-0.39, 0.29) is 18.2 Å². The molecule has 0 bridgehead atoms. The lowest BCUT2D eigenvalue weighted by Gasteiger charge is -2.33. The van der Waals surface area contributed by atoms with Crippen LogP contribution in [0.4, 0.5) is 0 Å². The first-order valence-electron chi connectivity index (χ1n) is 7.56. The number of nitriles is 1. The van der Waals surface area contributed by atoms with Gasteiger partial charge in [-0.3, -0.25) is 14.9 Å². The van der Waals surface area contributed by atoms with Crippen LogP contribution in [0, 0.1) is 16.7 Å². The van der Waals surface area contributed by atoms with Gasteiger partial charge in [0.25, 0.3) is 0 Å². The molecule has 1 rings (SSSR count). The SMILES string of the molecule is C/C=C\CCCC(=O)NC(=O)[C@]1(C)CCCC=C1CC#N. The smallest absolute Gasteiger partial charge is 0.236 e. The van der Waals surface area contributed by atoms with E-state index in [1.807, 2.05) is 32.1 Å². The van der Waals surface area contributed by atoms with Gasteiger partial charge < -0.3 is 0 Å². The third kappa shape index (κ3) is 4.86. The van der Waals surface area contributed by atoms with Gasteiger partial charge in [0.2, 0.25) is 11.8 Å². The maximum atomic E-state index is 12.4. The number of imide groups is 1. The van der Waals surface area contributed by atoms with Crippen LogP contribution in [0.25, 0.3) is 0 Å². The van der Waals surface area contributed by atoms with Crippen molar-refractivity contribution in [3.63, 3.8) is 0 Å². The number of rotatable bonds is 6. The highest BCUT2D eigenvalue weighted by molar-refractivity contribution is 5.99. The fraction of sp³-hybridized carbons (Fsp3) is 0.588. The number of allylic oxidation sites excluding steroid dienone is 3. The zero-order chi connectivity index (χ0) is 15.7. The summed E-state index contributed by atoms with van der Waals surface area (Å²) < 4.78 is 0. The molecule has 2 amide bonds. The van der Waals surface area contributed by atoms with Gasteiger partial charge in [-0.1, -0.05) is 18.2 Å². The predicted molar refractivity (Wildman–Crippen MR) is 82.1 cm³/mol. The molecule has 0 fully saturated rings. The number of carbonyl (C=O) groups is 2. The Labute approximate surface area is 126 Å². The monoisotopic (exact) mass is 288 g/mol. The summed E-state index contributed by atoms with van der Waals surface area (Å²) in [4.78, 5) is 24.2. The van der Waals surface area contributed by atoms with E-state index in [0.717, 1.165) is 31.3 Å². The van der Waals surface area contributed by atoms with Crippen LogP contribution in [0.3, 0.4) is 0 Å². The highest BCUT2D eigenvalue weighted by Gasteiger charge is 2.38. The summed E-state index contributed by atoms with van der Waals surface area (Å²) in [7, 11) is 0. The number of amides is 2. The molecular formula is C17H24N2O2. The molecule has 0 saturated heterocycles. The largest absolute Gasteiger partial charge is 0.296 e. The number of hydrogen-bond acceptors (Lipinski definition) is 3. The fourth-order valence-electron chi connectivity index (χ4n) is 2.60. The summed E-state index contributed by atoms with van der Waals surface area (Å²) in [6.07, 6.45) is 10.6. The molecule has 0 aromatic rings. The van der Waals surface area contributed by atoms with Crippen LogP contribution in [-0.2, 0) is 9.59 Å². The maximum Gasteiger partial charge on any atom is 0.236 e. The Morgan fingerprint density at radius 2 is 2.29 bits per heavy atom. The van der Waals surface area contributed by atoms with Crippen molar-refractivity contribution in [2.24, 2.45) is 5.41 Å². The Hall–Kier alpha value is -1.89. The lowest BCUT2D eigenvalue weighted by Crippen LogP contribution is -2.44. The van der Waals surface area contributed by atoms with Crippen molar-refractivity contribution in [3.05, 3.63) is 23.8 Å². The topological polar surface area (TPSA) is 70.0 Å². The van der Waals surface area contributed by atoms with E-state index < -0.39 is 5.41 Å². The van der Waals surface area contributed by atoms with Crippen LogP contribution < -0.4 is 5.32 Å². The second-order valence-electron chi connectivity index (χ2n) is 5.63. The molecule has 21 heavy (non-hydrogen) atoms. The molecule has 1 aliphatic carbocycles. The normalized spacial score (nSPS) is 21.7. The molecule has 114 valence electrons. The van der Waals surface area contributed by atoms with E-state index in [0.29, 0.717) is 12.8 Å². The summed E-state index contributed by atoms with van der Waals surface area (Å²) >= 11 is 0. The Balaban J connectivity index is 2.60. The maximum absolute atomic E-state index is 12.4. The van der Waals surface area contributed by atoms with E-state index in [2.05, 4.69) is 11.4 Å². The molecule has 0 radical (unpaired) electrons. The summed E-state index contributed by atoms with van der Waals surface area (Å²) in [5, 5.41) is 11.4. The van der Waals surface area contributed by atoms with Gasteiger partial charge in [0.1, 0.15) is 0 Å². The quantitative estimate of drug-likeness (QED) is 0.601. The van der Waals surface area contributed by atoms with Gasteiger partial charge in [0.05, 0.1) is 17.9 Å². The van der Waals surface area contributed by atoms with Crippen molar-refractivity contribution in [2.45, 2.75) is 58.8 Å². The van der Waals surface area contributed by atoms with Gasteiger partial charge in [0, 0.05) is 6.42 Å². The molecule has 1 atom stereocenters. The minimum Gasteiger partial charge on any atom is -0.296 e. The van der Waals surface area contributed by atoms with Gasteiger partial charge >= 0.3 is 0 Å². The number of nitrogens with zero attached hydrogens (tertiary/aromatic N) is 1. The third-order valence-corrected chi connectivity index (χ3v) is 4.01. The molecule has 0 spiro atoms. The van der Waals surface area contributed by atoms with E-state index in [4.69, 9.17) is 5.26 Å². The zero-order valence-electron chi connectivity index (χ0n) is 12.9. The van der Waals surface area contributed by atoms with Gasteiger partial charge in [-0.2, -0.15) is 5.26 Å². The second-order valence-corrected chi connectivity index (χ2v) is 5.63. The molecule has 4 heteroatoms. The average Bonchev–Trinajstić information content (AvgIpc) is 2.46. The average molecular weight is 288 g/mol. The van der Waals surface area contributed by atoms with Crippen molar-refractivity contribution in [1.82, 2.24) is 5.32 Å². The van der Waals surface area contributed by atoms with E-state index in [1.165, 1.54) is 0 Å². The van der Waals surface area contributed by atoms with Crippen molar-refractivity contribution in [3.8, 4) is 6.07 Å². The Morgan fingerprint density at radius 3 is 2.95 bits per heavy atom. The minimum absolute atomic E-state index is 0.229. The summed E-state index contributed by atoms with van der Waals surface area (Å²) in [6.45, 7) is 3.77. The molecule has 0 aromatic heterocycles. The lowest BCUT2D eigenvalue weighted by molar-refractivity contribution is -0.135.